The fourth-order valence-corrected chi connectivity index (χ4v) is 4.97. The molecule has 1 N–H and O–H groups in total. The monoisotopic (exact) mass is 566 g/mol. The fraction of sp³-hybridized carbons (Fsp3) is 0.212. The van der Waals surface area contributed by atoms with Gasteiger partial charge in [-0.1, -0.05) is 30.3 Å². The summed E-state index contributed by atoms with van der Waals surface area (Å²) in [6.07, 6.45) is 1.57. The number of benzene rings is 3. The lowest BCUT2D eigenvalue weighted by molar-refractivity contribution is -0.152. The van der Waals surface area contributed by atoms with Crippen molar-refractivity contribution >= 4 is 27.8 Å². The number of nitrogens with zero attached hydrogens (tertiary/aromatic N) is 2. The van der Waals surface area contributed by atoms with E-state index in [9.17, 15) is 9.90 Å². The molecule has 0 aliphatic heterocycles. The van der Waals surface area contributed by atoms with Gasteiger partial charge in [0, 0.05) is 22.8 Å². The number of carboxylic acids is 1. The van der Waals surface area contributed by atoms with Crippen LogP contribution in [-0.2, 0) is 17.9 Å². The molecule has 0 fully saturated rings. The summed E-state index contributed by atoms with van der Waals surface area (Å²) in [6, 6.07) is 23.1. The molecule has 0 saturated heterocycles. The number of hydrogen-bond acceptors (Lipinski definition) is 7. The summed E-state index contributed by atoms with van der Waals surface area (Å²) in [4.78, 5) is 16.3. The number of hydrogen-bond donors (Lipinski definition) is 1. The predicted octanol–water partition coefficient (Wildman–Crippen LogP) is 7.23. The van der Waals surface area contributed by atoms with Crippen LogP contribution in [0.1, 0.15) is 30.9 Å². The molecule has 6 rings (SSSR count). The highest BCUT2D eigenvalue weighted by molar-refractivity contribution is 6.11. The first-order chi connectivity index (χ1) is 20.2. The molecule has 214 valence electrons. The zero-order valence-electron chi connectivity index (χ0n) is 23.7. The molecule has 3 heterocycles. The van der Waals surface area contributed by atoms with Crippen LogP contribution in [0.2, 0.25) is 0 Å². The largest absolute Gasteiger partial charge is 0.493 e. The van der Waals surface area contributed by atoms with E-state index in [-0.39, 0.29) is 6.61 Å². The van der Waals surface area contributed by atoms with E-state index >= 15 is 0 Å². The van der Waals surface area contributed by atoms with E-state index in [2.05, 4.69) is 9.55 Å². The molecule has 6 aromatic rings. The van der Waals surface area contributed by atoms with Gasteiger partial charge in [0.05, 0.1) is 18.9 Å². The second kappa shape index (κ2) is 10.7. The topological polar surface area (TPSA) is 109 Å². The van der Waals surface area contributed by atoms with Crippen LogP contribution in [0.4, 0.5) is 0 Å². The van der Waals surface area contributed by atoms with E-state index in [1.54, 1.807) is 39.4 Å². The second-order valence-electron chi connectivity index (χ2n) is 10.4. The molecule has 42 heavy (non-hydrogen) atoms. The molecule has 3 aromatic heterocycles. The van der Waals surface area contributed by atoms with Gasteiger partial charge in [0.15, 0.2) is 22.9 Å². The van der Waals surface area contributed by atoms with Crippen LogP contribution < -0.4 is 14.2 Å². The number of aromatic nitrogens is 2. The number of rotatable bonds is 10. The quantitative estimate of drug-likeness (QED) is 0.185. The molecule has 0 aliphatic rings. The number of oxazole rings is 1. The van der Waals surface area contributed by atoms with Crippen molar-refractivity contribution in [1.82, 2.24) is 9.55 Å². The zero-order chi connectivity index (χ0) is 29.4. The Morgan fingerprint density at radius 3 is 2.55 bits per heavy atom. The minimum Gasteiger partial charge on any atom is -0.493 e. The fourth-order valence-electron chi connectivity index (χ4n) is 4.97. The number of aliphatic carboxylic acids is 1. The highest BCUT2D eigenvalue weighted by Crippen LogP contribution is 2.38. The van der Waals surface area contributed by atoms with Crippen molar-refractivity contribution in [2.24, 2.45) is 0 Å². The van der Waals surface area contributed by atoms with Crippen LogP contribution >= 0.6 is 0 Å². The van der Waals surface area contributed by atoms with Gasteiger partial charge in [-0.25, -0.2) is 9.78 Å². The molecule has 0 amide bonds. The SMILES string of the molecule is COc1cc(Cn2c3ccccc3c3c(OC(C)(C)C(=O)O)cccc32)ccc1OCc1nc(-c2ccco2)oc1C. The molecule has 9 heteroatoms. The van der Waals surface area contributed by atoms with Crippen molar-refractivity contribution in [3.05, 3.63) is 96.1 Å². The van der Waals surface area contributed by atoms with Gasteiger partial charge < -0.3 is 32.7 Å². The number of methoxy groups -OCH3 is 1. The standard InChI is InChI=1S/C33H30N2O7/c1-20-23(34-31(41-20)28-13-8-16-39-28)19-40-26-15-14-21(17-29(26)38-4)18-35-24-10-6-5-9-22(24)30-25(35)11-7-12-27(30)42-33(2,3)32(36)37/h5-17H,18-19H2,1-4H3,(H,36,37). The summed E-state index contributed by atoms with van der Waals surface area (Å²) >= 11 is 0. The maximum atomic E-state index is 11.8. The molecule has 0 saturated carbocycles. The van der Waals surface area contributed by atoms with Gasteiger partial charge >= 0.3 is 5.97 Å². The smallest absolute Gasteiger partial charge is 0.347 e. The Kier molecular flexibility index (Phi) is 6.86. The Morgan fingerprint density at radius 2 is 1.79 bits per heavy atom. The highest BCUT2D eigenvalue weighted by Gasteiger charge is 2.30. The van der Waals surface area contributed by atoms with Gasteiger partial charge in [0.25, 0.3) is 5.89 Å². The maximum Gasteiger partial charge on any atom is 0.347 e. The van der Waals surface area contributed by atoms with Crippen LogP contribution in [0.5, 0.6) is 17.2 Å². The van der Waals surface area contributed by atoms with Crippen molar-refractivity contribution in [1.29, 1.82) is 0 Å². The van der Waals surface area contributed by atoms with Crippen LogP contribution in [0.25, 0.3) is 33.5 Å². The predicted molar refractivity (Wildman–Crippen MR) is 157 cm³/mol. The van der Waals surface area contributed by atoms with E-state index in [1.807, 2.05) is 67.6 Å². The average molecular weight is 567 g/mol. The molecule has 0 aliphatic carbocycles. The minimum atomic E-state index is -1.38. The van der Waals surface area contributed by atoms with Gasteiger partial charge in [0.2, 0.25) is 0 Å². The zero-order valence-corrected chi connectivity index (χ0v) is 23.7. The molecule has 0 bridgehead atoms. The average Bonchev–Trinajstić information content (AvgIpc) is 3.71. The summed E-state index contributed by atoms with van der Waals surface area (Å²) in [6.45, 7) is 5.68. The lowest BCUT2D eigenvalue weighted by Crippen LogP contribution is -2.37. The van der Waals surface area contributed by atoms with Crippen molar-refractivity contribution in [3.8, 4) is 28.9 Å². The first kappa shape index (κ1) is 27.0. The molecule has 0 unspecified atom stereocenters. The summed E-state index contributed by atoms with van der Waals surface area (Å²) < 4.78 is 31.1. The summed E-state index contributed by atoms with van der Waals surface area (Å²) in [5.41, 5.74) is 2.22. The highest BCUT2D eigenvalue weighted by atomic mass is 16.5. The van der Waals surface area contributed by atoms with Crippen LogP contribution in [-0.4, -0.2) is 33.3 Å². The number of ether oxygens (including phenoxy) is 3. The van der Waals surface area contributed by atoms with E-state index in [0.29, 0.717) is 46.9 Å². The molecule has 0 radical (unpaired) electrons. The van der Waals surface area contributed by atoms with E-state index < -0.39 is 11.6 Å². The van der Waals surface area contributed by atoms with E-state index in [0.717, 1.165) is 27.4 Å². The Morgan fingerprint density at radius 1 is 0.976 bits per heavy atom. The summed E-state index contributed by atoms with van der Waals surface area (Å²) in [7, 11) is 1.61. The minimum absolute atomic E-state index is 0.202. The van der Waals surface area contributed by atoms with Gasteiger partial charge in [0.1, 0.15) is 23.8 Å². The number of furan rings is 1. The third-order valence-corrected chi connectivity index (χ3v) is 7.20. The Hall–Kier alpha value is -5.18. The molecule has 0 atom stereocenters. The molecule has 0 spiro atoms. The van der Waals surface area contributed by atoms with Gasteiger partial charge in [-0.2, -0.15) is 0 Å². The van der Waals surface area contributed by atoms with Crippen molar-refractivity contribution in [2.75, 3.05) is 7.11 Å². The number of para-hydroxylation sites is 1. The van der Waals surface area contributed by atoms with E-state index in [4.69, 9.17) is 23.0 Å². The third kappa shape index (κ3) is 4.94. The van der Waals surface area contributed by atoms with E-state index in [1.165, 1.54) is 0 Å². The van der Waals surface area contributed by atoms with Crippen LogP contribution in [0.15, 0.2) is 87.9 Å². The van der Waals surface area contributed by atoms with Crippen molar-refractivity contribution in [2.45, 2.75) is 39.5 Å². The lowest BCUT2D eigenvalue weighted by atomic mass is 10.1. The molecule has 9 nitrogen and oxygen atoms in total. The van der Waals surface area contributed by atoms with Gasteiger partial charge in [-0.15, -0.1) is 0 Å². The maximum absolute atomic E-state index is 11.8. The third-order valence-electron chi connectivity index (χ3n) is 7.20. The molecular weight excluding hydrogens is 536 g/mol. The first-order valence-electron chi connectivity index (χ1n) is 13.5. The number of carbonyl (C=O) groups is 1. The Bertz CT molecular complexity index is 1900. The summed E-state index contributed by atoms with van der Waals surface area (Å²) in [5, 5.41) is 11.5. The number of fused-ring (bicyclic) bond motifs is 3. The van der Waals surface area contributed by atoms with Crippen molar-refractivity contribution < 1.29 is 32.9 Å². The second-order valence-corrected chi connectivity index (χ2v) is 10.4. The Labute approximate surface area is 241 Å². The molecular formula is C33H30N2O7. The van der Waals surface area contributed by atoms with Gasteiger partial charge in [-0.05, 0) is 68.8 Å². The van der Waals surface area contributed by atoms with Gasteiger partial charge in [-0.3, -0.25) is 0 Å². The lowest BCUT2D eigenvalue weighted by Gasteiger charge is -2.22. The molecule has 3 aromatic carbocycles. The summed E-state index contributed by atoms with van der Waals surface area (Å²) in [5.74, 6) is 2.28. The first-order valence-corrected chi connectivity index (χ1v) is 13.5. The normalized spacial score (nSPS) is 11.7. The van der Waals surface area contributed by atoms with Crippen LogP contribution in [0, 0.1) is 6.92 Å². The number of carboxylic acid groups (broad SMARTS) is 1. The van der Waals surface area contributed by atoms with Crippen molar-refractivity contribution in [3.63, 3.8) is 0 Å². The Balaban J connectivity index is 1.30. The van der Waals surface area contributed by atoms with Crippen LogP contribution in [0.3, 0.4) is 0 Å². The number of aryl methyl sites for hydroxylation is 1.